The van der Waals surface area contributed by atoms with E-state index in [4.69, 9.17) is 28.0 Å². The molecule has 42 heavy (non-hydrogen) atoms. The second-order valence-electron chi connectivity index (χ2n) is 9.76. The van der Waals surface area contributed by atoms with E-state index in [1.807, 2.05) is 5.32 Å². The third-order valence-corrected chi connectivity index (χ3v) is 6.14. The van der Waals surface area contributed by atoms with Crippen LogP contribution in [0.1, 0.15) is 57.8 Å². The van der Waals surface area contributed by atoms with Crippen molar-refractivity contribution in [3.8, 4) is 0 Å². The lowest BCUT2D eigenvalue weighted by Gasteiger charge is -2.21. The highest BCUT2D eigenvalue weighted by atomic mass is 16.4. The van der Waals surface area contributed by atoms with Gasteiger partial charge in [-0.3, -0.25) is 28.8 Å². The molecule has 4 atom stereocenters. The molecule has 0 radical (unpaired) electrons. The molecule has 0 spiro atoms. The summed E-state index contributed by atoms with van der Waals surface area (Å²) in [7, 11) is 0. The van der Waals surface area contributed by atoms with Gasteiger partial charge in [-0.25, -0.2) is 0 Å². The van der Waals surface area contributed by atoms with Gasteiger partial charge in [-0.15, -0.1) is 0 Å². The molecule has 0 aliphatic carbocycles. The van der Waals surface area contributed by atoms with Crippen molar-refractivity contribution in [1.29, 1.82) is 0 Å². The Morgan fingerprint density at radius 3 is 1.67 bits per heavy atom. The molecule has 0 saturated carbocycles. The average Bonchev–Trinajstić information content (AvgIpc) is 2.96. The molecule has 0 aromatic carbocycles. The molecule has 0 fully saturated rings. The van der Waals surface area contributed by atoms with Crippen molar-refractivity contribution in [1.82, 2.24) is 26.6 Å². The second kappa shape index (κ2) is 23.2. The summed E-state index contributed by atoms with van der Waals surface area (Å²) in [5, 5.41) is 29.9. The maximum absolute atomic E-state index is 12.9. The van der Waals surface area contributed by atoms with E-state index in [1.54, 1.807) is 0 Å². The highest BCUT2D eigenvalue weighted by Gasteiger charge is 2.25. The molecule has 0 heterocycles. The molecule has 0 aliphatic rings. The number of nitrogens with one attached hydrogen (secondary N) is 5. The van der Waals surface area contributed by atoms with Crippen LogP contribution in [-0.2, 0) is 28.8 Å². The first-order valence-electron chi connectivity index (χ1n) is 14.1. The van der Waals surface area contributed by atoms with Crippen molar-refractivity contribution in [2.24, 2.45) is 22.9 Å². The van der Waals surface area contributed by atoms with Crippen molar-refractivity contribution in [2.45, 2.75) is 82.0 Å². The van der Waals surface area contributed by atoms with Crippen molar-refractivity contribution in [3.05, 3.63) is 0 Å². The van der Waals surface area contributed by atoms with Crippen LogP contribution in [0.3, 0.4) is 0 Å². The van der Waals surface area contributed by atoms with Gasteiger partial charge in [0.25, 0.3) is 0 Å². The Bertz CT molecular complexity index is 862. The van der Waals surface area contributed by atoms with Crippen molar-refractivity contribution in [2.75, 3.05) is 39.3 Å². The number of aliphatic hydroxyl groups excluding tert-OH is 1. The Morgan fingerprint density at radius 2 is 1.12 bits per heavy atom. The lowest BCUT2D eigenvalue weighted by molar-refractivity contribution is -0.138. The number of carboxylic acid groups (broad SMARTS) is 1. The summed E-state index contributed by atoms with van der Waals surface area (Å²) in [6.45, 7) is -0.815. The Morgan fingerprint density at radius 1 is 0.595 bits per heavy atom. The van der Waals surface area contributed by atoms with Gasteiger partial charge in [-0.05, 0) is 58.0 Å². The fourth-order valence-electron chi connectivity index (χ4n) is 3.66. The van der Waals surface area contributed by atoms with Crippen molar-refractivity contribution in [3.63, 3.8) is 0 Å². The molecule has 0 aromatic rings. The first-order valence-corrected chi connectivity index (χ1v) is 14.1. The first kappa shape index (κ1) is 38.6. The van der Waals surface area contributed by atoms with Crippen molar-refractivity contribution >= 4 is 35.5 Å². The molecular weight excluding hydrogens is 554 g/mol. The molecule has 15 N–H and O–H groups in total. The highest BCUT2D eigenvalue weighted by Crippen LogP contribution is 2.05. The van der Waals surface area contributed by atoms with E-state index in [0.717, 1.165) is 12.8 Å². The largest absolute Gasteiger partial charge is 0.480 e. The van der Waals surface area contributed by atoms with Crippen LogP contribution >= 0.6 is 0 Å². The monoisotopic (exact) mass is 603 g/mol. The van der Waals surface area contributed by atoms with Gasteiger partial charge in [0.15, 0.2) is 0 Å². The van der Waals surface area contributed by atoms with Crippen molar-refractivity contribution < 1.29 is 39.0 Å². The molecule has 5 amide bonds. The number of carbonyl (C=O) groups excluding carboxylic acids is 5. The second-order valence-corrected chi connectivity index (χ2v) is 9.76. The first-order chi connectivity index (χ1) is 20.0. The van der Waals surface area contributed by atoms with Gasteiger partial charge in [0.05, 0.1) is 25.2 Å². The number of rotatable bonds is 24. The number of nitrogens with two attached hydrogens (primary N) is 4. The van der Waals surface area contributed by atoms with Gasteiger partial charge in [0.1, 0.15) is 18.6 Å². The minimum atomic E-state index is -1.43. The molecule has 0 aromatic heterocycles. The fraction of sp³-hybridized carbons (Fsp3) is 0.760. The number of hydrogen-bond acceptors (Lipinski definition) is 11. The van der Waals surface area contributed by atoms with E-state index in [2.05, 4.69) is 21.3 Å². The predicted molar refractivity (Wildman–Crippen MR) is 153 cm³/mol. The molecule has 0 bridgehead atoms. The number of aliphatic carboxylic acids is 1. The Labute approximate surface area is 245 Å². The molecule has 242 valence electrons. The van der Waals surface area contributed by atoms with E-state index in [0.29, 0.717) is 58.2 Å². The van der Waals surface area contributed by atoms with Gasteiger partial charge < -0.3 is 59.7 Å². The number of carboxylic acids is 1. The zero-order valence-electron chi connectivity index (χ0n) is 24.1. The number of amides is 5. The SMILES string of the molecule is NCCCCC(N)C(=O)NCCCCC(NC(=O)C(N)CCCCN)C(=O)NCC(=O)NC(CO)C(=O)NCC(=O)O. The molecule has 0 rings (SSSR count). The third-order valence-electron chi connectivity index (χ3n) is 6.14. The number of aliphatic hydroxyl groups is 1. The summed E-state index contributed by atoms with van der Waals surface area (Å²) in [6.07, 6.45) is 4.79. The minimum Gasteiger partial charge on any atom is -0.480 e. The standard InChI is InChI=1S/C25H49N9O8/c26-10-4-1-7-16(28)22(39)30-12-6-3-9-18(34-23(40)17(29)8-2-5-11-27)24(41)31-13-20(36)33-19(15-35)25(42)32-14-21(37)38/h16-19,35H,1-15,26-29H2,(H,30,39)(H,31,41)(H,32,42)(H,33,36)(H,34,40)(H,37,38). The number of hydrogen-bond donors (Lipinski definition) is 11. The quantitative estimate of drug-likeness (QED) is 0.0465. The van der Waals surface area contributed by atoms with Gasteiger partial charge in [-0.1, -0.05) is 12.8 Å². The average molecular weight is 604 g/mol. The van der Waals surface area contributed by atoms with Gasteiger partial charge >= 0.3 is 5.97 Å². The maximum atomic E-state index is 12.9. The van der Waals surface area contributed by atoms with E-state index in [1.165, 1.54) is 0 Å². The van der Waals surface area contributed by atoms with Crippen LogP contribution in [0.25, 0.3) is 0 Å². The van der Waals surface area contributed by atoms with Gasteiger partial charge in [0, 0.05) is 6.54 Å². The van der Waals surface area contributed by atoms with E-state index in [9.17, 15) is 33.9 Å². The summed E-state index contributed by atoms with van der Waals surface area (Å²) < 4.78 is 0. The molecule has 17 heteroatoms. The Balaban J connectivity index is 4.97. The predicted octanol–water partition coefficient (Wildman–Crippen LogP) is -4.54. The minimum absolute atomic E-state index is 0.171. The zero-order chi connectivity index (χ0) is 31.9. The molecule has 17 nitrogen and oxygen atoms in total. The Hall–Kier alpha value is -3.38. The van der Waals surface area contributed by atoms with Gasteiger partial charge in [-0.2, -0.15) is 0 Å². The lowest BCUT2D eigenvalue weighted by atomic mass is 10.1. The number of carbonyl (C=O) groups is 6. The fourth-order valence-corrected chi connectivity index (χ4v) is 3.66. The summed E-state index contributed by atoms with van der Waals surface area (Å²) in [4.78, 5) is 72.3. The lowest BCUT2D eigenvalue weighted by Crippen LogP contribution is -2.54. The van der Waals surface area contributed by atoms with Crippen LogP contribution in [0.5, 0.6) is 0 Å². The summed E-state index contributed by atoms with van der Waals surface area (Å²) >= 11 is 0. The molecule has 0 saturated heterocycles. The normalized spacial score (nSPS) is 13.6. The smallest absolute Gasteiger partial charge is 0.322 e. The van der Waals surface area contributed by atoms with Crippen LogP contribution in [0.15, 0.2) is 0 Å². The van der Waals surface area contributed by atoms with Crippen LogP contribution in [0.2, 0.25) is 0 Å². The van der Waals surface area contributed by atoms with Crippen LogP contribution in [0, 0.1) is 0 Å². The topological polar surface area (TPSA) is 307 Å². The highest BCUT2D eigenvalue weighted by molar-refractivity contribution is 5.93. The number of unbranched alkanes of at least 4 members (excludes halogenated alkanes) is 3. The Kier molecular flexibility index (Phi) is 21.3. The van der Waals surface area contributed by atoms with Crippen LogP contribution in [0.4, 0.5) is 0 Å². The summed E-state index contributed by atoms with van der Waals surface area (Å²) in [5.41, 5.74) is 22.7. The molecule has 0 aliphatic heterocycles. The maximum Gasteiger partial charge on any atom is 0.322 e. The van der Waals surface area contributed by atoms with Gasteiger partial charge in [0.2, 0.25) is 29.5 Å². The van der Waals surface area contributed by atoms with Crippen LogP contribution < -0.4 is 49.5 Å². The molecule has 4 unspecified atom stereocenters. The summed E-state index contributed by atoms with van der Waals surface area (Å²) in [5.74, 6) is -4.59. The van der Waals surface area contributed by atoms with E-state index in [-0.39, 0.29) is 12.3 Å². The molecular formula is C25H49N9O8. The summed E-state index contributed by atoms with van der Waals surface area (Å²) in [6, 6.07) is -3.99. The van der Waals surface area contributed by atoms with Crippen LogP contribution in [-0.4, -0.2) is 109 Å². The van der Waals surface area contributed by atoms with E-state index >= 15 is 0 Å². The zero-order valence-corrected chi connectivity index (χ0v) is 24.1. The van der Waals surface area contributed by atoms with E-state index < -0.39 is 73.5 Å². The third kappa shape index (κ3) is 18.1.